The maximum atomic E-state index is 5.96. The van der Waals surface area contributed by atoms with Crippen LogP contribution in [0.15, 0.2) is 65.9 Å². The molecule has 2 aromatic carbocycles. The highest BCUT2D eigenvalue weighted by Gasteiger charge is 2.03. The van der Waals surface area contributed by atoms with Crippen molar-refractivity contribution in [3.05, 3.63) is 66.7 Å². The van der Waals surface area contributed by atoms with Gasteiger partial charge in [-0.3, -0.25) is 0 Å². The van der Waals surface area contributed by atoms with Crippen molar-refractivity contribution < 1.29 is 4.74 Å². The molecule has 25 heavy (non-hydrogen) atoms. The van der Waals surface area contributed by atoms with Gasteiger partial charge in [0.2, 0.25) is 0 Å². The van der Waals surface area contributed by atoms with Gasteiger partial charge in [0, 0.05) is 18.3 Å². The molecule has 128 valence electrons. The van der Waals surface area contributed by atoms with Crippen molar-refractivity contribution >= 4 is 11.6 Å². The van der Waals surface area contributed by atoms with Crippen LogP contribution in [0.1, 0.15) is 12.7 Å². The van der Waals surface area contributed by atoms with Crippen LogP contribution >= 0.6 is 0 Å². The first-order valence-electron chi connectivity index (χ1n) is 8.01. The second-order valence-electron chi connectivity index (χ2n) is 5.30. The predicted molar refractivity (Wildman–Crippen MR) is 97.6 cm³/mol. The quantitative estimate of drug-likeness (QED) is 0.533. The number of hydrogen-bond acceptors (Lipinski definition) is 4. The minimum absolute atomic E-state index is 0.308. The third-order valence-electron chi connectivity index (χ3n) is 3.51. The Morgan fingerprint density at radius 1 is 1.16 bits per heavy atom. The molecule has 0 aliphatic rings. The Labute approximate surface area is 146 Å². The molecule has 0 unspecified atom stereocenters. The van der Waals surface area contributed by atoms with E-state index in [4.69, 9.17) is 10.5 Å². The normalized spacial score (nSPS) is 11.3. The van der Waals surface area contributed by atoms with E-state index in [1.807, 2.05) is 66.1 Å². The summed E-state index contributed by atoms with van der Waals surface area (Å²) in [6.07, 6.45) is 1.68. The van der Waals surface area contributed by atoms with E-state index in [1.54, 1.807) is 6.33 Å². The number of guanidine groups is 1. The van der Waals surface area contributed by atoms with Crippen molar-refractivity contribution in [2.75, 3.05) is 5.32 Å². The Balaban J connectivity index is 1.64. The highest BCUT2D eigenvalue weighted by molar-refractivity contribution is 5.92. The fourth-order valence-electron chi connectivity index (χ4n) is 2.27. The number of nitrogens with two attached hydrogens (primary N) is 1. The van der Waals surface area contributed by atoms with Crippen LogP contribution < -0.4 is 15.8 Å². The highest BCUT2D eigenvalue weighted by Crippen LogP contribution is 2.23. The number of nitrogens with one attached hydrogen (secondary N) is 1. The van der Waals surface area contributed by atoms with E-state index in [9.17, 15) is 0 Å². The number of aliphatic imine (C=N–C) groups is 1. The molecule has 3 aromatic rings. The molecule has 3 N–H and O–H groups in total. The summed E-state index contributed by atoms with van der Waals surface area (Å²) >= 11 is 0. The van der Waals surface area contributed by atoms with Crippen LogP contribution in [0, 0.1) is 0 Å². The minimum Gasteiger partial charge on any atom is -0.457 e. The van der Waals surface area contributed by atoms with E-state index in [0.717, 1.165) is 29.6 Å². The molecular weight excluding hydrogens is 316 g/mol. The largest absolute Gasteiger partial charge is 0.457 e. The molecule has 0 aliphatic heterocycles. The summed E-state index contributed by atoms with van der Waals surface area (Å²) in [7, 11) is 0. The van der Waals surface area contributed by atoms with Crippen molar-refractivity contribution in [2.24, 2.45) is 10.7 Å². The molecule has 0 amide bonds. The molecule has 0 saturated heterocycles. The van der Waals surface area contributed by atoms with Crippen molar-refractivity contribution in [3.8, 4) is 11.5 Å². The second kappa shape index (κ2) is 7.96. The first-order valence-corrected chi connectivity index (χ1v) is 8.01. The molecule has 7 nitrogen and oxygen atoms in total. The predicted octanol–water partition coefficient (Wildman–Crippen LogP) is 3.02. The van der Waals surface area contributed by atoms with Gasteiger partial charge in [0.25, 0.3) is 0 Å². The van der Waals surface area contributed by atoms with Crippen LogP contribution in [0.3, 0.4) is 0 Å². The summed E-state index contributed by atoms with van der Waals surface area (Å²) in [5.74, 6) is 2.57. The summed E-state index contributed by atoms with van der Waals surface area (Å²) in [5, 5.41) is 11.0. The van der Waals surface area contributed by atoms with Gasteiger partial charge in [-0.15, -0.1) is 10.2 Å². The Hall–Kier alpha value is -3.35. The number of ether oxygens (including phenoxy) is 1. The molecule has 0 radical (unpaired) electrons. The highest BCUT2D eigenvalue weighted by atomic mass is 16.5. The van der Waals surface area contributed by atoms with Gasteiger partial charge in [0.15, 0.2) is 11.8 Å². The van der Waals surface area contributed by atoms with Gasteiger partial charge in [-0.25, -0.2) is 4.99 Å². The van der Waals surface area contributed by atoms with Crippen molar-refractivity contribution in [2.45, 2.75) is 20.0 Å². The van der Waals surface area contributed by atoms with Gasteiger partial charge in [0.05, 0.1) is 0 Å². The number of nitrogens with zero attached hydrogens (tertiary/aromatic N) is 4. The molecule has 0 bridgehead atoms. The maximum absolute atomic E-state index is 5.96. The van der Waals surface area contributed by atoms with Crippen LogP contribution in [-0.4, -0.2) is 20.7 Å². The van der Waals surface area contributed by atoms with Crippen LogP contribution in [0.2, 0.25) is 0 Å². The van der Waals surface area contributed by atoms with Gasteiger partial charge in [-0.2, -0.15) is 0 Å². The van der Waals surface area contributed by atoms with E-state index in [1.165, 1.54) is 0 Å². The summed E-state index contributed by atoms with van der Waals surface area (Å²) in [6.45, 7) is 3.19. The maximum Gasteiger partial charge on any atom is 0.193 e. The molecule has 1 heterocycles. The lowest BCUT2D eigenvalue weighted by Gasteiger charge is -2.09. The lowest BCUT2D eigenvalue weighted by Crippen LogP contribution is -2.22. The summed E-state index contributed by atoms with van der Waals surface area (Å²) in [5.41, 5.74) is 6.75. The molecule has 0 atom stereocenters. The summed E-state index contributed by atoms with van der Waals surface area (Å²) in [4.78, 5) is 4.30. The Bertz CT molecular complexity index is 844. The third-order valence-corrected chi connectivity index (χ3v) is 3.51. The molecule has 7 heteroatoms. The first-order chi connectivity index (χ1) is 12.2. The van der Waals surface area contributed by atoms with Gasteiger partial charge < -0.3 is 20.4 Å². The van der Waals surface area contributed by atoms with Crippen LogP contribution in [-0.2, 0) is 13.1 Å². The first kappa shape index (κ1) is 16.5. The van der Waals surface area contributed by atoms with Crippen LogP contribution in [0.25, 0.3) is 0 Å². The standard InChI is InChI=1S/C18H20N6O/c1-2-24-13-21-23-17(24)12-20-18(19)22-14-7-6-10-16(11-14)25-15-8-4-3-5-9-15/h3-11,13H,2,12H2,1H3,(H3,19,20,22). The average molecular weight is 336 g/mol. The SMILES string of the molecule is CCn1cnnc1CN=C(N)Nc1cccc(Oc2ccccc2)c1. The molecule has 0 aliphatic carbocycles. The average Bonchev–Trinajstić information content (AvgIpc) is 3.09. The summed E-state index contributed by atoms with van der Waals surface area (Å²) < 4.78 is 7.73. The Morgan fingerprint density at radius 2 is 1.96 bits per heavy atom. The monoisotopic (exact) mass is 336 g/mol. The minimum atomic E-state index is 0.308. The summed E-state index contributed by atoms with van der Waals surface area (Å²) in [6, 6.07) is 17.1. The molecule has 0 spiro atoms. The zero-order valence-corrected chi connectivity index (χ0v) is 14.0. The number of benzene rings is 2. The van der Waals surface area contributed by atoms with Crippen molar-refractivity contribution in [3.63, 3.8) is 0 Å². The molecule has 0 fully saturated rings. The molecule has 1 aromatic heterocycles. The lowest BCUT2D eigenvalue weighted by atomic mass is 10.3. The van der Waals surface area contributed by atoms with E-state index in [2.05, 4.69) is 20.5 Å². The van der Waals surface area contributed by atoms with Gasteiger partial charge in [-0.05, 0) is 31.2 Å². The fraction of sp³-hybridized carbons (Fsp3) is 0.167. The van der Waals surface area contributed by atoms with Gasteiger partial charge in [-0.1, -0.05) is 24.3 Å². The smallest absolute Gasteiger partial charge is 0.193 e. The number of rotatable bonds is 6. The molecule has 3 rings (SSSR count). The Kier molecular flexibility index (Phi) is 5.26. The number of para-hydroxylation sites is 1. The van der Waals surface area contributed by atoms with E-state index in [0.29, 0.717) is 12.5 Å². The molecular formula is C18H20N6O. The number of hydrogen-bond donors (Lipinski definition) is 2. The van der Waals surface area contributed by atoms with E-state index < -0.39 is 0 Å². The lowest BCUT2D eigenvalue weighted by molar-refractivity contribution is 0.483. The molecule has 0 saturated carbocycles. The number of aryl methyl sites for hydroxylation is 1. The Morgan fingerprint density at radius 3 is 2.76 bits per heavy atom. The van der Waals surface area contributed by atoms with E-state index in [-0.39, 0.29) is 0 Å². The van der Waals surface area contributed by atoms with Crippen molar-refractivity contribution in [1.82, 2.24) is 14.8 Å². The van der Waals surface area contributed by atoms with Gasteiger partial charge in [0.1, 0.15) is 24.4 Å². The zero-order chi connectivity index (χ0) is 17.5. The number of aromatic nitrogens is 3. The zero-order valence-electron chi connectivity index (χ0n) is 14.0. The van der Waals surface area contributed by atoms with Crippen LogP contribution in [0.4, 0.5) is 5.69 Å². The number of anilines is 1. The van der Waals surface area contributed by atoms with Crippen LogP contribution in [0.5, 0.6) is 11.5 Å². The van der Waals surface area contributed by atoms with Crippen molar-refractivity contribution in [1.29, 1.82) is 0 Å². The van der Waals surface area contributed by atoms with E-state index >= 15 is 0 Å². The second-order valence-corrected chi connectivity index (χ2v) is 5.30. The van der Waals surface area contributed by atoms with Gasteiger partial charge >= 0.3 is 0 Å². The third kappa shape index (κ3) is 4.57. The fourth-order valence-corrected chi connectivity index (χ4v) is 2.27. The topological polar surface area (TPSA) is 90.4 Å².